The summed E-state index contributed by atoms with van der Waals surface area (Å²) in [5.41, 5.74) is 3.09. The highest BCUT2D eigenvalue weighted by Crippen LogP contribution is 1.94. The second-order valence-electron chi connectivity index (χ2n) is 2.29. The predicted molar refractivity (Wildman–Crippen MR) is 40.7 cm³/mol. The first-order valence-electron chi connectivity index (χ1n) is 3.68. The van der Waals surface area contributed by atoms with E-state index in [4.69, 9.17) is 5.41 Å². The summed E-state index contributed by atoms with van der Waals surface area (Å²) in [6, 6.07) is 0. The fraction of sp³-hybridized carbons (Fsp3) is 0.833. The molecule has 0 aliphatic carbocycles. The molecule has 0 bridgehead atoms. The molecule has 0 amide bonds. The van der Waals surface area contributed by atoms with Crippen molar-refractivity contribution in [1.29, 1.82) is 5.41 Å². The predicted octanol–water partition coefficient (Wildman–Crippen LogP) is -0.259. The standard InChI is InChI=1S/C6H14N4/c1-2-8-6(7)10-5-3-4-9-10/h9H,2-5H2,1H3,(H2,7,8). The highest BCUT2D eigenvalue weighted by molar-refractivity contribution is 5.76. The molecule has 1 aliphatic rings. The topological polar surface area (TPSA) is 51.2 Å². The van der Waals surface area contributed by atoms with Gasteiger partial charge in [-0.1, -0.05) is 0 Å². The molecule has 0 spiro atoms. The molecular weight excluding hydrogens is 128 g/mol. The second-order valence-corrected chi connectivity index (χ2v) is 2.29. The van der Waals surface area contributed by atoms with Gasteiger partial charge < -0.3 is 5.32 Å². The molecule has 1 heterocycles. The Morgan fingerprint density at radius 1 is 1.80 bits per heavy atom. The van der Waals surface area contributed by atoms with Gasteiger partial charge in [0.05, 0.1) is 0 Å². The number of rotatable bonds is 1. The van der Waals surface area contributed by atoms with Crippen LogP contribution >= 0.6 is 0 Å². The van der Waals surface area contributed by atoms with Crippen molar-refractivity contribution in [3.8, 4) is 0 Å². The third-order valence-electron chi connectivity index (χ3n) is 1.48. The molecule has 0 aromatic carbocycles. The van der Waals surface area contributed by atoms with E-state index in [1.165, 1.54) is 0 Å². The van der Waals surface area contributed by atoms with Crippen molar-refractivity contribution in [3.63, 3.8) is 0 Å². The van der Waals surface area contributed by atoms with Crippen molar-refractivity contribution in [2.45, 2.75) is 13.3 Å². The third kappa shape index (κ3) is 1.60. The van der Waals surface area contributed by atoms with Gasteiger partial charge >= 0.3 is 0 Å². The normalized spacial score (nSPS) is 17.5. The molecule has 0 radical (unpaired) electrons. The Labute approximate surface area is 61.1 Å². The summed E-state index contributed by atoms with van der Waals surface area (Å²) in [6.45, 7) is 4.75. The van der Waals surface area contributed by atoms with E-state index in [0.29, 0.717) is 5.96 Å². The first-order chi connectivity index (χ1) is 4.84. The van der Waals surface area contributed by atoms with Gasteiger partial charge in [-0.15, -0.1) is 0 Å². The molecule has 0 aromatic heterocycles. The van der Waals surface area contributed by atoms with Gasteiger partial charge in [-0.3, -0.25) is 10.4 Å². The first kappa shape index (κ1) is 7.34. The minimum absolute atomic E-state index is 0.486. The van der Waals surface area contributed by atoms with Gasteiger partial charge in [-0.25, -0.2) is 5.43 Å². The third-order valence-corrected chi connectivity index (χ3v) is 1.48. The number of hydrogen-bond acceptors (Lipinski definition) is 2. The number of hydrazine groups is 1. The maximum atomic E-state index is 7.44. The van der Waals surface area contributed by atoms with Crippen molar-refractivity contribution in [2.24, 2.45) is 0 Å². The van der Waals surface area contributed by atoms with Crippen LogP contribution in [-0.2, 0) is 0 Å². The highest BCUT2D eigenvalue weighted by Gasteiger charge is 2.12. The zero-order valence-corrected chi connectivity index (χ0v) is 6.28. The van der Waals surface area contributed by atoms with Gasteiger partial charge in [-0.05, 0) is 13.3 Å². The lowest BCUT2D eigenvalue weighted by molar-refractivity contribution is 0.386. The van der Waals surface area contributed by atoms with Crippen molar-refractivity contribution in [2.75, 3.05) is 19.6 Å². The van der Waals surface area contributed by atoms with E-state index in [1.807, 2.05) is 11.9 Å². The van der Waals surface area contributed by atoms with Gasteiger partial charge in [0.1, 0.15) is 0 Å². The smallest absolute Gasteiger partial charge is 0.205 e. The summed E-state index contributed by atoms with van der Waals surface area (Å²) in [5, 5.41) is 12.2. The van der Waals surface area contributed by atoms with Gasteiger partial charge in [0.25, 0.3) is 0 Å². The second kappa shape index (κ2) is 3.41. The fourth-order valence-corrected chi connectivity index (χ4v) is 0.984. The van der Waals surface area contributed by atoms with Gasteiger partial charge in [0.2, 0.25) is 5.96 Å². The molecule has 4 nitrogen and oxygen atoms in total. The summed E-state index contributed by atoms with van der Waals surface area (Å²) in [6.07, 6.45) is 1.13. The van der Waals surface area contributed by atoms with E-state index in [2.05, 4.69) is 10.7 Å². The number of guanidine groups is 1. The molecule has 58 valence electrons. The van der Waals surface area contributed by atoms with E-state index < -0.39 is 0 Å². The van der Waals surface area contributed by atoms with Gasteiger partial charge in [0, 0.05) is 19.6 Å². The average molecular weight is 142 g/mol. The van der Waals surface area contributed by atoms with E-state index in [0.717, 1.165) is 26.1 Å². The Balaban J connectivity index is 2.25. The average Bonchev–Trinajstić information content (AvgIpc) is 2.38. The zero-order chi connectivity index (χ0) is 7.40. The molecule has 1 fully saturated rings. The molecule has 0 aromatic rings. The van der Waals surface area contributed by atoms with E-state index in [-0.39, 0.29) is 0 Å². The van der Waals surface area contributed by atoms with Crippen LogP contribution in [0.2, 0.25) is 0 Å². The lowest BCUT2D eigenvalue weighted by atomic mass is 10.5. The molecule has 10 heavy (non-hydrogen) atoms. The lowest BCUT2D eigenvalue weighted by Crippen LogP contribution is -2.44. The minimum atomic E-state index is 0.486. The van der Waals surface area contributed by atoms with Crippen LogP contribution in [0.15, 0.2) is 0 Å². The van der Waals surface area contributed by atoms with Crippen molar-refractivity contribution in [3.05, 3.63) is 0 Å². The lowest BCUT2D eigenvalue weighted by Gasteiger charge is -2.18. The van der Waals surface area contributed by atoms with Crippen LogP contribution in [-0.4, -0.2) is 30.6 Å². The maximum Gasteiger partial charge on any atom is 0.205 e. The maximum absolute atomic E-state index is 7.44. The van der Waals surface area contributed by atoms with E-state index >= 15 is 0 Å². The molecule has 1 aliphatic heterocycles. The van der Waals surface area contributed by atoms with Crippen LogP contribution in [0.25, 0.3) is 0 Å². The van der Waals surface area contributed by atoms with Crippen molar-refractivity contribution < 1.29 is 0 Å². The zero-order valence-electron chi connectivity index (χ0n) is 6.28. The first-order valence-corrected chi connectivity index (χ1v) is 3.68. The molecule has 0 atom stereocenters. The molecule has 1 saturated heterocycles. The summed E-state index contributed by atoms with van der Waals surface area (Å²) >= 11 is 0. The van der Waals surface area contributed by atoms with E-state index in [1.54, 1.807) is 0 Å². The summed E-state index contributed by atoms with van der Waals surface area (Å²) < 4.78 is 0. The van der Waals surface area contributed by atoms with Crippen molar-refractivity contribution >= 4 is 5.96 Å². The Bertz CT molecular complexity index is 117. The number of nitrogens with one attached hydrogen (secondary N) is 3. The van der Waals surface area contributed by atoms with Crippen LogP contribution in [0, 0.1) is 5.41 Å². The van der Waals surface area contributed by atoms with Crippen LogP contribution in [0.1, 0.15) is 13.3 Å². The summed E-state index contributed by atoms with van der Waals surface area (Å²) in [4.78, 5) is 0. The van der Waals surface area contributed by atoms with Crippen LogP contribution in [0.5, 0.6) is 0 Å². The quantitative estimate of drug-likeness (QED) is 0.349. The summed E-state index contributed by atoms with van der Waals surface area (Å²) in [5.74, 6) is 0.486. The van der Waals surface area contributed by atoms with Gasteiger partial charge in [0.15, 0.2) is 0 Å². The van der Waals surface area contributed by atoms with Crippen LogP contribution < -0.4 is 10.7 Å². The largest absolute Gasteiger partial charge is 0.356 e. The van der Waals surface area contributed by atoms with Crippen LogP contribution in [0.4, 0.5) is 0 Å². The Kier molecular flexibility index (Phi) is 2.50. The van der Waals surface area contributed by atoms with Crippen LogP contribution in [0.3, 0.4) is 0 Å². The molecular formula is C6H14N4. The Hall–Kier alpha value is -0.770. The molecule has 0 unspecified atom stereocenters. The van der Waals surface area contributed by atoms with E-state index in [9.17, 15) is 0 Å². The molecule has 4 heteroatoms. The number of hydrogen-bond donors (Lipinski definition) is 3. The molecule has 3 N–H and O–H groups in total. The highest BCUT2D eigenvalue weighted by atomic mass is 15.6. The number of nitrogens with zero attached hydrogens (tertiary/aromatic N) is 1. The van der Waals surface area contributed by atoms with Gasteiger partial charge in [-0.2, -0.15) is 0 Å². The monoisotopic (exact) mass is 142 g/mol. The summed E-state index contributed by atoms with van der Waals surface area (Å²) in [7, 11) is 0. The Morgan fingerprint density at radius 2 is 2.60 bits per heavy atom. The minimum Gasteiger partial charge on any atom is -0.356 e. The SMILES string of the molecule is CCNC(=N)N1CCCN1. The van der Waals surface area contributed by atoms with Crippen molar-refractivity contribution in [1.82, 2.24) is 15.8 Å². The fourth-order valence-electron chi connectivity index (χ4n) is 0.984. The molecule has 0 saturated carbocycles. The molecule has 1 rings (SSSR count). The Morgan fingerprint density at radius 3 is 3.10 bits per heavy atom.